The predicted molar refractivity (Wildman–Crippen MR) is 251 cm³/mol. The van der Waals surface area contributed by atoms with Gasteiger partial charge in [0, 0.05) is 0 Å². The fraction of sp³-hybridized carbons (Fsp3) is 0.792. The molecule has 0 aromatic heterocycles. The van der Waals surface area contributed by atoms with Gasteiger partial charge >= 0.3 is 228 Å². The van der Waals surface area contributed by atoms with Gasteiger partial charge in [0.1, 0.15) is 0 Å². The first-order valence-corrected chi connectivity index (χ1v) is 36.2. The Hall–Kier alpha value is -0.601. The number of hydrogen-bond donors (Lipinski definition) is 0. The number of ether oxygens (including phenoxy) is 2. The molecule has 320 valence electrons. The van der Waals surface area contributed by atoms with Crippen LogP contribution < -0.4 is 0 Å². The molecule has 0 aliphatic carbocycles. The quantitative estimate of drug-likeness (QED) is 0.0263. The van der Waals surface area contributed by atoms with Gasteiger partial charge in [0.15, 0.2) is 0 Å². The van der Waals surface area contributed by atoms with Gasteiger partial charge in [-0.1, -0.05) is 88.1 Å². The minimum Gasteiger partial charge on any atom is -0.0882 e. The Morgan fingerprint density at radius 3 is 1.11 bits per heavy atom. The van der Waals surface area contributed by atoms with Crippen LogP contribution in [0.25, 0.3) is 0 Å². The van der Waals surface area contributed by atoms with Crippen LogP contribution in [0, 0.1) is 0 Å². The van der Waals surface area contributed by atoms with Crippen molar-refractivity contribution in [2.75, 3.05) is 24.7 Å². The molecular formula is C48H88O4S2Sn. The van der Waals surface area contributed by atoms with E-state index in [1.165, 1.54) is 124 Å². The summed E-state index contributed by atoms with van der Waals surface area (Å²) >= 11 is -2.58. The smallest absolute Gasteiger partial charge is 0.0882 e. The summed E-state index contributed by atoms with van der Waals surface area (Å²) in [5.41, 5.74) is 0. The van der Waals surface area contributed by atoms with Crippen LogP contribution in [0.4, 0.5) is 0 Å². The third-order valence-corrected chi connectivity index (χ3v) is 40.8. The van der Waals surface area contributed by atoms with Crippen LogP contribution in [-0.2, 0) is 19.1 Å². The van der Waals surface area contributed by atoms with Gasteiger partial charge in [-0.15, -0.1) is 0 Å². The zero-order valence-corrected chi connectivity index (χ0v) is 41.1. The Labute approximate surface area is 351 Å². The Morgan fingerprint density at radius 1 is 0.418 bits per heavy atom. The van der Waals surface area contributed by atoms with Crippen molar-refractivity contribution in [3.8, 4) is 0 Å². The second-order valence-corrected chi connectivity index (χ2v) is 41.8. The first-order chi connectivity index (χ1) is 27.0. The first kappa shape index (κ1) is 54.4. The van der Waals surface area contributed by atoms with Gasteiger partial charge in [0.2, 0.25) is 0 Å². The molecule has 0 aromatic carbocycles. The number of allylic oxidation sites excluding steroid dienone is 8. The first-order valence-electron chi connectivity index (χ1n) is 23.2. The molecule has 0 unspecified atom stereocenters. The van der Waals surface area contributed by atoms with Gasteiger partial charge in [0.05, 0.1) is 0 Å². The predicted octanol–water partition coefficient (Wildman–Crippen LogP) is 16.2. The Morgan fingerprint density at radius 2 is 0.745 bits per heavy atom. The summed E-state index contributed by atoms with van der Waals surface area (Å²) in [4.78, 5) is 24.9. The number of carbonyl (C=O) groups is 2. The minimum atomic E-state index is -2.58. The molecule has 0 fully saturated rings. The summed E-state index contributed by atoms with van der Waals surface area (Å²) in [6, 6.07) is 0. The van der Waals surface area contributed by atoms with E-state index in [-0.39, 0.29) is 11.9 Å². The Bertz CT molecular complexity index is 888. The zero-order valence-electron chi connectivity index (χ0n) is 36.6. The normalized spacial score (nSPS) is 12.3. The van der Waals surface area contributed by atoms with Crippen molar-refractivity contribution in [1.29, 1.82) is 0 Å². The fourth-order valence-electron chi connectivity index (χ4n) is 6.42. The molecule has 4 nitrogen and oxygen atoms in total. The van der Waals surface area contributed by atoms with E-state index in [4.69, 9.17) is 9.47 Å². The van der Waals surface area contributed by atoms with Crippen molar-refractivity contribution < 1.29 is 19.1 Å². The standard InChI is InChI=1S/2C20H36O2S.2C4H9.Sn/c2*1-2-3-4-5-6-7-8-9-10-11-12-13-14-15-16-17-20(21)22-18-19-23;2*1-3-4-2;/h2*6-7,9-10,23H,2-5,8,11-19H2,1H3;2*1,3-4H2,2H3;/q;;;;+2/p-2/b2*7-6+,10-9+;;;. The van der Waals surface area contributed by atoms with Gasteiger partial charge in [0.25, 0.3) is 0 Å². The molecule has 0 saturated heterocycles. The molecule has 55 heavy (non-hydrogen) atoms. The molecule has 0 saturated carbocycles. The Balaban J connectivity index is 4.15. The topological polar surface area (TPSA) is 52.6 Å². The molecule has 0 rings (SSSR count). The van der Waals surface area contributed by atoms with E-state index in [1.54, 1.807) is 0 Å². The van der Waals surface area contributed by atoms with E-state index < -0.39 is 15.6 Å². The van der Waals surface area contributed by atoms with Crippen molar-refractivity contribution in [2.24, 2.45) is 0 Å². The van der Waals surface area contributed by atoms with Crippen LogP contribution in [0.2, 0.25) is 8.87 Å². The van der Waals surface area contributed by atoms with Crippen molar-refractivity contribution in [2.45, 2.75) is 216 Å². The van der Waals surface area contributed by atoms with E-state index in [0.29, 0.717) is 26.1 Å². The second kappa shape index (κ2) is 44.5. The number of hydrogen-bond acceptors (Lipinski definition) is 6. The van der Waals surface area contributed by atoms with Crippen molar-refractivity contribution in [3.63, 3.8) is 0 Å². The van der Waals surface area contributed by atoms with E-state index in [0.717, 1.165) is 62.9 Å². The summed E-state index contributed by atoms with van der Waals surface area (Å²) in [6.45, 7) is 10.1. The number of rotatable bonds is 42. The number of esters is 2. The summed E-state index contributed by atoms with van der Waals surface area (Å²) in [6.07, 6.45) is 50.7. The third-order valence-electron chi connectivity index (χ3n) is 9.91. The van der Waals surface area contributed by atoms with Crippen molar-refractivity contribution >= 4 is 45.4 Å². The maximum absolute atomic E-state index is 12.5. The van der Waals surface area contributed by atoms with Crippen molar-refractivity contribution in [1.82, 2.24) is 0 Å². The third kappa shape index (κ3) is 40.0. The molecule has 0 heterocycles. The van der Waals surface area contributed by atoms with Crippen LogP contribution in [0.1, 0.15) is 207 Å². The van der Waals surface area contributed by atoms with Crippen LogP contribution in [0.15, 0.2) is 48.6 Å². The van der Waals surface area contributed by atoms with Gasteiger partial charge in [-0.2, -0.15) is 0 Å². The molecule has 0 aliphatic heterocycles. The fourth-order valence-corrected chi connectivity index (χ4v) is 36.3. The second-order valence-electron chi connectivity index (χ2n) is 15.2. The van der Waals surface area contributed by atoms with E-state index in [1.807, 2.05) is 0 Å². The summed E-state index contributed by atoms with van der Waals surface area (Å²) in [7, 11) is 4.34. The van der Waals surface area contributed by atoms with Gasteiger partial charge in [-0.3, -0.25) is 0 Å². The molecule has 0 aromatic rings. The van der Waals surface area contributed by atoms with Crippen LogP contribution in [0.3, 0.4) is 0 Å². The summed E-state index contributed by atoms with van der Waals surface area (Å²) in [5, 5.41) is 0. The van der Waals surface area contributed by atoms with Crippen LogP contribution in [-0.4, -0.2) is 52.3 Å². The molecule has 0 bridgehead atoms. The molecule has 0 spiro atoms. The molecule has 0 amide bonds. The van der Waals surface area contributed by atoms with Crippen molar-refractivity contribution in [3.05, 3.63) is 48.6 Å². The van der Waals surface area contributed by atoms with Gasteiger partial charge < -0.3 is 0 Å². The molecule has 0 radical (unpaired) electrons. The average molecular weight is 912 g/mol. The minimum absolute atomic E-state index is 0.0298. The van der Waals surface area contributed by atoms with E-state index in [2.05, 4.69) is 94.2 Å². The molecule has 0 aliphatic rings. The molecular weight excluding hydrogens is 823 g/mol. The van der Waals surface area contributed by atoms with Crippen LogP contribution in [0.5, 0.6) is 0 Å². The summed E-state index contributed by atoms with van der Waals surface area (Å²) < 4.78 is 14.1. The molecule has 0 N–H and O–H groups in total. The maximum atomic E-state index is 12.5. The molecule has 7 heteroatoms. The number of unbranched alkanes of at least 4 members (excludes halogenated alkanes) is 18. The molecule has 0 atom stereocenters. The van der Waals surface area contributed by atoms with E-state index >= 15 is 0 Å². The van der Waals surface area contributed by atoms with E-state index in [9.17, 15) is 9.59 Å². The van der Waals surface area contributed by atoms with Crippen LogP contribution >= 0.6 is 17.9 Å². The average Bonchev–Trinajstić information content (AvgIpc) is 3.19. The zero-order chi connectivity index (χ0) is 40.2. The SMILES string of the molecule is CCCCC/C=C/C/C=C/CCCCCCCC(=O)OCC[S][Sn]([CH2]CCC)([CH2]CCC)[S]CCOC(=O)CCCCCCC/C=C/C/C=C/CCCCC. The monoisotopic (exact) mass is 913 g/mol. The Kier molecular flexibility index (Phi) is 44.0. The van der Waals surface area contributed by atoms with Gasteiger partial charge in [-0.05, 0) is 38.5 Å². The number of carbonyl (C=O) groups excluding carboxylic acids is 2. The summed E-state index contributed by atoms with van der Waals surface area (Å²) in [5.74, 6) is 1.77. The van der Waals surface area contributed by atoms with Gasteiger partial charge in [-0.25, -0.2) is 0 Å².